The molecule has 1 saturated heterocycles. The number of hydrogen-bond acceptors (Lipinski definition) is 2. The molecule has 0 unspecified atom stereocenters. The molecule has 0 bridgehead atoms. The third-order valence-corrected chi connectivity index (χ3v) is 4.13. The van der Waals surface area contributed by atoms with Gasteiger partial charge in [0.25, 0.3) is 5.91 Å². The zero-order valence-corrected chi connectivity index (χ0v) is 11.6. The third kappa shape index (κ3) is 2.98. The second-order valence-electron chi connectivity index (χ2n) is 5.73. The molecule has 2 aliphatic rings. The Labute approximate surface area is 115 Å². The Morgan fingerprint density at radius 3 is 2.58 bits per heavy atom. The van der Waals surface area contributed by atoms with E-state index in [-0.39, 0.29) is 5.91 Å². The lowest BCUT2D eigenvalue weighted by Crippen LogP contribution is -2.36. The van der Waals surface area contributed by atoms with Crippen molar-refractivity contribution in [2.75, 3.05) is 13.1 Å². The molecule has 0 spiro atoms. The molecule has 1 N–H and O–H groups in total. The van der Waals surface area contributed by atoms with Crippen molar-refractivity contribution in [2.24, 2.45) is 0 Å². The van der Waals surface area contributed by atoms with Gasteiger partial charge < -0.3 is 10.2 Å². The average Bonchev–Trinajstić information content (AvgIpc) is 3.14. The zero-order chi connectivity index (χ0) is 13.2. The van der Waals surface area contributed by atoms with Gasteiger partial charge in [-0.25, -0.2) is 0 Å². The van der Waals surface area contributed by atoms with Gasteiger partial charge in [0.2, 0.25) is 0 Å². The Kier molecular flexibility index (Phi) is 3.56. The maximum atomic E-state index is 12.4. The Balaban J connectivity index is 1.60. The number of rotatable bonds is 4. The minimum atomic E-state index is 0.183. The average molecular weight is 258 g/mol. The first-order valence-corrected chi connectivity index (χ1v) is 7.40. The second kappa shape index (κ2) is 5.33. The highest BCUT2D eigenvalue weighted by Crippen LogP contribution is 2.22. The van der Waals surface area contributed by atoms with Crippen molar-refractivity contribution in [1.82, 2.24) is 10.2 Å². The van der Waals surface area contributed by atoms with E-state index in [0.717, 1.165) is 37.5 Å². The van der Waals surface area contributed by atoms with Crippen LogP contribution in [-0.2, 0) is 6.42 Å². The standard InChI is InChI=1S/C16H22N2O/c1-2-12-3-5-13(6-4-12)16(19)18-10-9-15(11-18)17-14-7-8-14/h3-6,14-15,17H,2,7-11H2,1H3/t15-/m0/s1. The summed E-state index contributed by atoms with van der Waals surface area (Å²) in [4.78, 5) is 14.4. The van der Waals surface area contributed by atoms with Crippen LogP contribution in [0, 0.1) is 0 Å². The molecule has 1 heterocycles. The second-order valence-corrected chi connectivity index (χ2v) is 5.73. The monoisotopic (exact) mass is 258 g/mol. The highest BCUT2D eigenvalue weighted by Gasteiger charge is 2.31. The SMILES string of the molecule is CCc1ccc(C(=O)N2CC[C@H](NC3CC3)C2)cc1. The first kappa shape index (κ1) is 12.7. The first-order valence-electron chi connectivity index (χ1n) is 7.40. The van der Waals surface area contributed by atoms with Crippen LogP contribution < -0.4 is 5.32 Å². The van der Waals surface area contributed by atoms with Crippen molar-refractivity contribution < 1.29 is 4.79 Å². The predicted octanol–water partition coefficient (Wildman–Crippen LogP) is 2.22. The number of amides is 1. The quantitative estimate of drug-likeness (QED) is 0.898. The van der Waals surface area contributed by atoms with Crippen LogP contribution in [0.1, 0.15) is 42.1 Å². The zero-order valence-electron chi connectivity index (χ0n) is 11.6. The van der Waals surface area contributed by atoms with E-state index < -0.39 is 0 Å². The Bertz CT molecular complexity index is 450. The van der Waals surface area contributed by atoms with E-state index in [0.29, 0.717) is 6.04 Å². The lowest BCUT2D eigenvalue weighted by molar-refractivity contribution is 0.0789. The molecule has 3 nitrogen and oxygen atoms in total. The molecule has 1 amide bonds. The van der Waals surface area contributed by atoms with Gasteiger partial charge in [0.05, 0.1) is 0 Å². The number of benzene rings is 1. The number of likely N-dealkylation sites (tertiary alicyclic amines) is 1. The number of hydrogen-bond donors (Lipinski definition) is 1. The molecular weight excluding hydrogens is 236 g/mol. The van der Waals surface area contributed by atoms with Crippen LogP contribution in [0.5, 0.6) is 0 Å². The van der Waals surface area contributed by atoms with E-state index in [1.807, 2.05) is 17.0 Å². The maximum Gasteiger partial charge on any atom is 0.253 e. The fourth-order valence-corrected chi connectivity index (χ4v) is 2.73. The van der Waals surface area contributed by atoms with Crippen LogP contribution in [0.3, 0.4) is 0 Å². The van der Waals surface area contributed by atoms with Crippen molar-refractivity contribution >= 4 is 5.91 Å². The Hall–Kier alpha value is -1.35. The summed E-state index contributed by atoms with van der Waals surface area (Å²) in [7, 11) is 0. The van der Waals surface area contributed by atoms with Crippen molar-refractivity contribution in [3.05, 3.63) is 35.4 Å². The molecule has 1 atom stereocenters. The van der Waals surface area contributed by atoms with Crippen LogP contribution >= 0.6 is 0 Å². The van der Waals surface area contributed by atoms with Gasteiger partial charge in [0, 0.05) is 30.7 Å². The third-order valence-electron chi connectivity index (χ3n) is 4.13. The van der Waals surface area contributed by atoms with E-state index >= 15 is 0 Å². The molecule has 1 aliphatic heterocycles. The predicted molar refractivity (Wildman–Crippen MR) is 76.3 cm³/mol. The maximum absolute atomic E-state index is 12.4. The van der Waals surface area contributed by atoms with Crippen LogP contribution in [0.4, 0.5) is 0 Å². The van der Waals surface area contributed by atoms with Crippen molar-refractivity contribution in [3.63, 3.8) is 0 Å². The minimum absolute atomic E-state index is 0.183. The summed E-state index contributed by atoms with van der Waals surface area (Å²) < 4.78 is 0. The molecule has 1 saturated carbocycles. The largest absolute Gasteiger partial charge is 0.337 e. The molecule has 1 aliphatic carbocycles. The molecule has 0 radical (unpaired) electrons. The molecule has 1 aromatic carbocycles. The molecule has 3 rings (SSSR count). The van der Waals surface area contributed by atoms with Crippen LogP contribution in [0.2, 0.25) is 0 Å². The number of nitrogens with one attached hydrogen (secondary N) is 1. The van der Waals surface area contributed by atoms with Crippen molar-refractivity contribution in [1.29, 1.82) is 0 Å². The van der Waals surface area contributed by atoms with Gasteiger partial charge >= 0.3 is 0 Å². The molecule has 102 valence electrons. The summed E-state index contributed by atoms with van der Waals surface area (Å²) in [5, 5.41) is 3.61. The summed E-state index contributed by atoms with van der Waals surface area (Å²) in [6.07, 6.45) is 4.73. The van der Waals surface area contributed by atoms with Crippen molar-refractivity contribution in [3.8, 4) is 0 Å². The van der Waals surface area contributed by atoms with Gasteiger partial charge in [-0.15, -0.1) is 0 Å². The highest BCUT2D eigenvalue weighted by molar-refractivity contribution is 5.94. The van der Waals surface area contributed by atoms with E-state index in [9.17, 15) is 4.79 Å². The summed E-state index contributed by atoms with van der Waals surface area (Å²) in [5.74, 6) is 0.183. The fraction of sp³-hybridized carbons (Fsp3) is 0.562. The molecule has 2 fully saturated rings. The minimum Gasteiger partial charge on any atom is -0.337 e. The topological polar surface area (TPSA) is 32.3 Å². The fourth-order valence-electron chi connectivity index (χ4n) is 2.73. The van der Waals surface area contributed by atoms with Crippen LogP contribution in [0.15, 0.2) is 24.3 Å². The Morgan fingerprint density at radius 1 is 1.21 bits per heavy atom. The van der Waals surface area contributed by atoms with Crippen LogP contribution in [-0.4, -0.2) is 36.0 Å². The summed E-state index contributed by atoms with van der Waals surface area (Å²) in [5.41, 5.74) is 2.11. The molecular formula is C16H22N2O. The smallest absolute Gasteiger partial charge is 0.253 e. The summed E-state index contributed by atoms with van der Waals surface area (Å²) in [6, 6.07) is 9.27. The van der Waals surface area contributed by atoms with Gasteiger partial charge in [-0.3, -0.25) is 4.79 Å². The van der Waals surface area contributed by atoms with Gasteiger partial charge in [-0.1, -0.05) is 19.1 Å². The lowest BCUT2D eigenvalue weighted by atomic mass is 10.1. The number of carbonyl (C=O) groups excluding carboxylic acids is 1. The normalized spacial score (nSPS) is 22.8. The van der Waals surface area contributed by atoms with Gasteiger partial charge in [0.1, 0.15) is 0 Å². The lowest BCUT2D eigenvalue weighted by Gasteiger charge is -2.17. The molecule has 1 aromatic rings. The van der Waals surface area contributed by atoms with Crippen LogP contribution in [0.25, 0.3) is 0 Å². The molecule has 0 aromatic heterocycles. The summed E-state index contributed by atoms with van der Waals surface area (Å²) >= 11 is 0. The van der Waals surface area contributed by atoms with Gasteiger partial charge in [-0.2, -0.15) is 0 Å². The first-order chi connectivity index (χ1) is 9.26. The molecule has 3 heteroatoms. The molecule has 19 heavy (non-hydrogen) atoms. The number of aryl methyl sites for hydroxylation is 1. The van der Waals surface area contributed by atoms with E-state index in [4.69, 9.17) is 0 Å². The summed E-state index contributed by atoms with van der Waals surface area (Å²) in [6.45, 7) is 3.88. The van der Waals surface area contributed by atoms with Gasteiger partial charge in [-0.05, 0) is 43.4 Å². The highest BCUT2D eigenvalue weighted by atomic mass is 16.2. The van der Waals surface area contributed by atoms with E-state index in [1.54, 1.807) is 0 Å². The Morgan fingerprint density at radius 2 is 1.95 bits per heavy atom. The van der Waals surface area contributed by atoms with Gasteiger partial charge in [0.15, 0.2) is 0 Å². The van der Waals surface area contributed by atoms with Crippen molar-refractivity contribution in [2.45, 2.75) is 44.7 Å². The van der Waals surface area contributed by atoms with E-state index in [1.165, 1.54) is 18.4 Å². The number of nitrogens with zero attached hydrogens (tertiary/aromatic N) is 1. The van der Waals surface area contributed by atoms with E-state index in [2.05, 4.69) is 24.4 Å². The number of carbonyl (C=O) groups is 1.